The summed E-state index contributed by atoms with van der Waals surface area (Å²) in [6.07, 6.45) is 0.475. The molecule has 3 aromatic rings. The van der Waals surface area contributed by atoms with Gasteiger partial charge in [-0.1, -0.05) is 36.4 Å². The van der Waals surface area contributed by atoms with E-state index >= 15 is 0 Å². The quantitative estimate of drug-likeness (QED) is 0.596. The van der Waals surface area contributed by atoms with Gasteiger partial charge in [0.05, 0.1) is 15.5 Å². The van der Waals surface area contributed by atoms with Crippen molar-refractivity contribution in [3.05, 3.63) is 80.2 Å². The zero-order valence-electron chi connectivity index (χ0n) is 13.3. The maximum Gasteiger partial charge on any atom is 0.212 e. The Kier molecular flexibility index (Phi) is 5.80. The van der Waals surface area contributed by atoms with Gasteiger partial charge in [0.1, 0.15) is 0 Å². The molecule has 0 spiro atoms. The third-order valence-corrected chi connectivity index (χ3v) is 6.88. The van der Waals surface area contributed by atoms with Crippen LogP contribution in [0.1, 0.15) is 25.0 Å². The van der Waals surface area contributed by atoms with Crippen molar-refractivity contribution in [2.75, 3.05) is 5.75 Å². The van der Waals surface area contributed by atoms with E-state index in [1.54, 1.807) is 18.2 Å². The van der Waals surface area contributed by atoms with Crippen LogP contribution >= 0.6 is 22.7 Å². The maximum absolute atomic E-state index is 12.3. The number of carbonyl (C=O) groups excluding carboxylic acids is 1. The van der Waals surface area contributed by atoms with Crippen molar-refractivity contribution in [3.8, 4) is 0 Å². The highest BCUT2D eigenvalue weighted by Crippen LogP contribution is 2.22. The summed E-state index contributed by atoms with van der Waals surface area (Å²) in [7, 11) is -3.36. The van der Waals surface area contributed by atoms with Gasteiger partial charge in [-0.25, -0.2) is 13.1 Å². The predicted molar refractivity (Wildman–Crippen MR) is 103 cm³/mol. The monoisotopic (exact) mass is 391 g/mol. The molecule has 25 heavy (non-hydrogen) atoms. The fraction of sp³-hybridized carbons (Fsp3) is 0.167. The maximum atomic E-state index is 12.3. The highest BCUT2D eigenvalue weighted by Gasteiger charge is 2.15. The summed E-state index contributed by atoms with van der Waals surface area (Å²) >= 11 is 2.73. The molecule has 0 aliphatic heterocycles. The lowest BCUT2D eigenvalue weighted by Crippen LogP contribution is -2.26. The zero-order valence-corrected chi connectivity index (χ0v) is 15.8. The molecule has 3 rings (SSSR count). The van der Waals surface area contributed by atoms with Crippen molar-refractivity contribution in [2.45, 2.75) is 13.0 Å². The molecule has 2 aromatic heterocycles. The fourth-order valence-corrected chi connectivity index (χ4v) is 5.03. The lowest BCUT2D eigenvalue weighted by molar-refractivity contribution is 0.104. The van der Waals surface area contributed by atoms with E-state index in [1.165, 1.54) is 22.7 Å². The number of aryl methyl sites for hydroxylation is 1. The van der Waals surface area contributed by atoms with Crippen molar-refractivity contribution < 1.29 is 13.2 Å². The lowest BCUT2D eigenvalue weighted by atomic mass is 10.2. The van der Waals surface area contributed by atoms with Crippen LogP contribution in [-0.4, -0.2) is 20.0 Å². The Hall–Kier alpha value is -1.80. The van der Waals surface area contributed by atoms with Gasteiger partial charge in [-0.05, 0) is 35.6 Å². The van der Waals surface area contributed by atoms with Gasteiger partial charge in [0, 0.05) is 11.4 Å². The first-order valence-electron chi connectivity index (χ1n) is 7.72. The highest BCUT2D eigenvalue weighted by molar-refractivity contribution is 7.89. The molecule has 0 saturated carbocycles. The van der Waals surface area contributed by atoms with Crippen molar-refractivity contribution in [3.63, 3.8) is 0 Å². The Bertz CT molecular complexity index is 929. The Morgan fingerprint density at radius 3 is 2.48 bits per heavy atom. The van der Waals surface area contributed by atoms with Crippen LogP contribution in [0.2, 0.25) is 0 Å². The van der Waals surface area contributed by atoms with Crippen molar-refractivity contribution in [1.82, 2.24) is 4.72 Å². The van der Waals surface area contributed by atoms with E-state index in [0.29, 0.717) is 16.2 Å². The second kappa shape index (κ2) is 8.05. The van der Waals surface area contributed by atoms with E-state index in [1.807, 2.05) is 41.8 Å². The van der Waals surface area contributed by atoms with Gasteiger partial charge in [-0.3, -0.25) is 4.79 Å². The second-order valence-corrected chi connectivity index (χ2v) is 9.49. The number of ketones is 1. The first-order chi connectivity index (χ1) is 12.0. The van der Waals surface area contributed by atoms with Crippen LogP contribution < -0.4 is 4.72 Å². The fourth-order valence-electron chi connectivity index (χ4n) is 2.27. The van der Waals surface area contributed by atoms with Gasteiger partial charge in [0.25, 0.3) is 0 Å². The van der Waals surface area contributed by atoms with Crippen LogP contribution in [0.25, 0.3) is 0 Å². The summed E-state index contributed by atoms with van der Waals surface area (Å²) < 4.78 is 26.9. The minimum Gasteiger partial charge on any atom is -0.287 e. The van der Waals surface area contributed by atoms with Gasteiger partial charge in [-0.2, -0.15) is 0 Å². The van der Waals surface area contributed by atoms with Crippen LogP contribution in [0.3, 0.4) is 0 Å². The van der Waals surface area contributed by atoms with Crippen molar-refractivity contribution in [1.29, 1.82) is 0 Å². The third kappa shape index (κ3) is 5.09. The number of sulfonamides is 1. The highest BCUT2D eigenvalue weighted by atomic mass is 32.2. The Balaban J connectivity index is 1.55. The Morgan fingerprint density at radius 2 is 1.76 bits per heavy atom. The molecule has 0 fully saturated rings. The smallest absolute Gasteiger partial charge is 0.212 e. The van der Waals surface area contributed by atoms with Crippen LogP contribution in [0.5, 0.6) is 0 Å². The van der Waals surface area contributed by atoms with Gasteiger partial charge in [0.2, 0.25) is 15.8 Å². The van der Waals surface area contributed by atoms with Gasteiger partial charge < -0.3 is 0 Å². The molecule has 0 aliphatic carbocycles. The topological polar surface area (TPSA) is 63.2 Å². The van der Waals surface area contributed by atoms with Crippen molar-refractivity contribution >= 4 is 38.5 Å². The molecule has 1 aromatic carbocycles. The molecule has 130 valence electrons. The summed E-state index contributed by atoms with van der Waals surface area (Å²) in [5, 5.41) is 1.86. The number of carbonyl (C=O) groups is 1. The normalized spacial score (nSPS) is 11.5. The van der Waals surface area contributed by atoms with Crippen LogP contribution in [0, 0.1) is 0 Å². The number of nitrogens with one attached hydrogen (secondary N) is 1. The largest absolute Gasteiger partial charge is 0.287 e. The summed E-state index contributed by atoms with van der Waals surface area (Å²) in [6.45, 7) is 0.208. The van der Waals surface area contributed by atoms with Gasteiger partial charge >= 0.3 is 0 Å². The molecule has 0 atom stereocenters. The lowest BCUT2D eigenvalue weighted by Gasteiger charge is -2.05. The molecule has 7 heteroatoms. The zero-order chi connectivity index (χ0) is 17.7. The van der Waals surface area contributed by atoms with E-state index in [2.05, 4.69) is 4.72 Å². The summed E-state index contributed by atoms with van der Waals surface area (Å²) in [5.74, 6) is 0.0294. The average molecular weight is 392 g/mol. The minimum atomic E-state index is -3.36. The second-order valence-electron chi connectivity index (χ2n) is 5.45. The Labute approximate surface area is 155 Å². The molecule has 0 saturated heterocycles. The van der Waals surface area contributed by atoms with E-state index < -0.39 is 10.0 Å². The number of benzene rings is 1. The summed E-state index contributed by atoms with van der Waals surface area (Å²) in [4.78, 5) is 14.4. The first-order valence-corrected chi connectivity index (χ1v) is 11.1. The molecule has 4 nitrogen and oxygen atoms in total. The number of hydrogen-bond donors (Lipinski definition) is 1. The van der Waals surface area contributed by atoms with E-state index in [9.17, 15) is 13.2 Å². The van der Waals surface area contributed by atoms with Gasteiger partial charge in [0.15, 0.2) is 0 Å². The first kappa shape index (κ1) is 18.0. The molecular formula is C18H17NO3S3. The Morgan fingerprint density at radius 1 is 0.960 bits per heavy atom. The predicted octanol–water partition coefficient (Wildman–Crippen LogP) is 3.70. The van der Waals surface area contributed by atoms with E-state index in [-0.39, 0.29) is 18.1 Å². The number of rotatable bonds is 8. The number of thiophene rings is 2. The van der Waals surface area contributed by atoms with Crippen molar-refractivity contribution in [2.24, 2.45) is 0 Å². The standard InChI is InChI=1S/C18H17NO3S3/c20-18(16-7-4-11-23-16)17-9-8-15(24-17)13-19-25(21,22)12-10-14-5-2-1-3-6-14/h1-9,11,19H,10,12-13H2. The van der Waals surface area contributed by atoms with Crippen LogP contribution in [0.15, 0.2) is 60.0 Å². The summed E-state index contributed by atoms with van der Waals surface area (Å²) in [6, 6.07) is 16.7. The molecule has 1 N–H and O–H groups in total. The molecule has 0 unspecified atom stereocenters. The molecule has 0 amide bonds. The van der Waals surface area contributed by atoms with Crippen LogP contribution in [0.4, 0.5) is 0 Å². The van der Waals surface area contributed by atoms with E-state index in [0.717, 1.165) is 10.4 Å². The SMILES string of the molecule is O=C(c1cccs1)c1ccc(CNS(=O)(=O)CCc2ccccc2)s1. The van der Waals surface area contributed by atoms with E-state index in [4.69, 9.17) is 0 Å². The number of hydrogen-bond acceptors (Lipinski definition) is 5. The molecule has 0 radical (unpaired) electrons. The average Bonchev–Trinajstić information content (AvgIpc) is 3.31. The third-order valence-electron chi connectivity index (χ3n) is 3.60. The molecule has 0 bridgehead atoms. The molecule has 0 aliphatic rings. The minimum absolute atomic E-state index is 0.0156. The van der Waals surface area contributed by atoms with Crippen LogP contribution in [-0.2, 0) is 23.0 Å². The molecular weight excluding hydrogens is 374 g/mol. The van der Waals surface area contributed by atoms with Gasteiger partial charge in [-0.15, -0.1) is 22.7 Å². The molecule has 2 heterocycles. The summed E-state index contributed by atoms with van der Waals surface area (Å²) in [5.41, 5.74) is 0.993.